The van der Waals surface area contributed by atoms with Crippen molar-refractivity contribution in [3.8, 4) is 0 Å². The number of ether oxygens (including phenoxy) is 4. The second kappa shape index (κ2) is 67.6. The lowest BCUT2D eigenvalue weighted by Crippen LogP contribution is -2.65. The molecule has 14 nitrogen and oxygen atoms in total. The van der Waals surface area contributed by atoms with Crippen LogP contribution in [0.25, 0.3) is 0 Å². The third-order valence-corrected chi connectivity index (χ3v) is 18.9. The Kier molecular flexibility index (Phi) is 62.4. The van der Waals surface area contributed by atoms with E-state index in [4.69, 9.17) is 18.9 Å². The summed E-state index contributed by atoms with van der Waals surface area (Å²) in [6.07, 6.45) is 82.6. The molecule has 2 aliphatic heterocycles. The maximum absolute atomic E-state index is 13.4. The molecular formula is C85H147NO13. The molecule has 14 heteroatoms. The van der Waals surface area contributed by atoms with Gasteiger partial charge in [-0.2, -0.15) is 0 Å². The molecule has 9 N–H and O–H groups in total. The molecule has 1 amide bonds. The van der Waals surface area contributed by atoms with Crippen molar-refractivity contribution >= 4 is 5.91 Å². The zero-order valence-corrected chi connectivity index (χ0v) is 62.4. The molecule has 0 aromatic carbocycles. The van der Waals surface area contributed by atoms with E-state index in [9.17, 15) is 45.6 Å². The average Bonchev–Trinajstić information content (AvgIpc) is 0.793. The zero-order valence-electron chi connectivity index (χ0n) is 62.4. The molecule has 2 aliphatic rings. The summed E-state index contributed by atoms with van der Waals surface area (Å²) in [6, 6.07) is -0.928. The summed E-state index contributed by atoms with van der Waals surface area (Å²) in [5.74, 6) is -0.247. The van der Waals surface area contributed by atoms with Gasteiger partial charge in [0.05, 0.1) is 32.0 Å². The third-order valence-electron chi connectivity index (χ3n) is 18.9. The van der Waals surface area contributed by atoms with Crippen LogP contribution < -0.4 is 5.32 Å². The second-order valence-electron chi connectivity index (χ2n) is 27.8. The van der Waals surface area contributed by atoms with Crippen LogP contribution in [0.5, 0.6) is 0 Å². The van der Waals surface area contributed by atoms with E-state index in [1.807, 2.05) is 6.08 Å². The molecule has 2 heterocycles. The van der Waals surface area contributed by atoms with Gasteiger partial charge in [0, 0.05) is 6.42 Å². The molecule has 0 aromatic heterocycles. The number of nitrogens with one attached hydrogen (secondary N) is 1. The van der Waals surface area contributed by atoms with Crippen LogP contribution in [-0.4, -0.2) is 140 Å². The van der Waals surface area contributed by atoms with Crippen molar-refractivity contribution < 1.29 is 64.6 Å². The predicted octanol–water partition coefficient (Wildman–Crippen LogP) is 18.4. The van der Waals surface area contributed by atoms with Gasteiger partial charge in [-0.3, -0.25) is 4.79 Å². The van der Waals surface area contributed by atoms with E-state index in [0.717, 1.165) is 103 Å². The van der Waals surface area contributed by atoms with Gasteiger partial charge >= 0.3 is 0 Å². The minimum Gasteiger partial charge on any atom is -0.394 e. The quantitative estimate of drug-likeness (QED) is 0.0204. The summed E-state index contributed by atoms with van der Waals surface area (Å²) in [5.41, 5.74) is 0. The summed E-state index contributed by atoms with van der Waals surface area (Å²) < 4.78 is 22.9. The number of rotatable bonds is 66. The number of aliphatic hydroxyl groups is 8. The largest absolute Gasteiger partial charge is 0.394 e. The third kappa shape index (κ3) is 50.4. The van der Waals surface area contributed by atoms with Crippen LogP contribution in [0.2, 0.25) is 0 Å². The maximum Gasteiger partial charge on any atom is 0.220 e. The topological polar surface area (TPSA) is 228 Å². The van der Waals surface area contributed by atoms with E-state index in [1.165, 1.54) is 186 Å². The minimum absolute atomic E-state index is 0.247. The molecule has 0 saturated carbocycles. The molecule has 0 bridgehead atoms. The van der Waals surface area contributed by atoms with Crippen LogP contribution in [0.15, 0.2) is 122 Å². The van der Waals surface area contributed by atoms with Crippen molar-refractivity contribution in [2.75, 3.05) is 19.8 Å². The summed E-state index contributed by atoms with van der Waals surface area (Å²) in [6.45, 7) is 2.71. The van der Waals surface area contributed by atoms with E-state index in [1.54, 1.807) is 6.08 Å². The Labute approximate surface area is 603 Å². The first-order valence-electron chi connectivity index (χ1n) is 40.3. The van der Waals surface area contributed by atoms with E-state index >= 15 is 0 Å². The van der Waals surface area contributed by atoms with E-state index in [-0.39, 0.29) is 18.9 Å². The lowest BCUT2D eigenvalue weighted by atomic mass is 9.97. The van der Waals surface area contributed by atoms with Crippen molar-refractivity contribution in [3.05, 3.63) is 122 Å². The number of hydrogen-bond acceptors (Lipinski definition) is 13. The van der Waals surface area contributed by atoms with Crippen LogP contribution in [0.1, 0.15) is 316 Å². The number of amides is 1. The van der Waals surface area contributed by atoms with E-state index in [0.29, 0.717) is 6.42 Å². The highest BCUT2D eigenvalue weighted by Crippen LogP contribution is 2.30. The van der Waals surface area contributed by atoms with Gasteiger partial charge in [-0.05, 0) is 89.9 Å². The van der Waals surface area contributed by atoms with Crippen LogP contribution in [0, 0.1) is 0 Å². The van der Waals surface area contributed by atoms with Crippen molar-refractivity contribution in [1.29, 1.82) is 0 Å². The highest BCUT2D eigenvalue weighted by atomic mass is 16.7. The SMILES string of the molecule is CC/C=C\C/C=C\C/C=C\C/C=C\C/C=C\C/C=C\C/C=C\C/C=C\C/C=C\CCCCCCCCCCCC(=O)NC(COC1OC(CO)C(OC2OC(CO)C(O)C(O)C2O)C(O)C1O)C(O)/C=C/CCCCCCCCCCCCCCCCCCCCCCCCCCCC. The number of hydrogen-bond donors (Lipinski definition) is 9. The number of allylic oxidation sites excluding steroid dienone is 19. The molecule has 0 spiro atoms. The number of carbonyl (C=O) groups excluding carboxylic acids is 1. The van der Waals surface area contributed by atoms with Crippen molar-refractivity contribution in [1.82, 2.24) is 5.32 Å². The van der Waals surface area contributed by atoms with Gasteiger partial charge in [-0.1, -0.05) is 341 Å². The molecule has 2 fully saturated rings. The zero-order chi connectivity index (χ0) is 71.5. The monoisotopic (exact) mass is 1390 g/mol. The van der Waals surface area contributed by atoms with Gasteiger partial charge in [-0.15, -0.1) is 0 Å². The highest BCUT2D eigenvalue weighted by molar-refractivity contribution is 5.76. The Morgan fingerprint density at radius 2 is 0.697 bits per heavy atom. The fourth-order valence-electron chi connectivity index (χ4n) is 12.6. The van der Waals surface area contributed by atoms with Crippen molar-refractivity contribution in [2.24, 2.45) is 0 Å². The van der Waals surface area contributed by atoms with Gasteiger partial charge in [-0.25, -0.2) is 0 Å². The minimum atomic E-state index is -1.80. The Bertz CT molecular complexity index is 2130. The molecule has 2 saturated heterocycles. The lowest BCUT2D eigenvalue weighted by Gasteiger charge is -2.46. The Morgan fingerprint density at radius 3 is 1.07 bits per heavy atom. The first-order chi connectivity index (χ1) is 48.6. The number of carbonyl (C=O) groups is 1. The van der Waals surface area contributed by atoms with Crippen LogP contribution in [0.3, 0.4) is 0 Å². The average molecular weight is 1390 g/mol. The molecule has 570 valence electrons. The normalized spacial score (nSPS) is 22.6. The van der Waals surface area contributed by atoms with Crippen LogP contribution in [0.4, 0.5) is 0 Å². The van der Waals surface area contributed by atoms with Crippen molar-refractivity contribution in [2.45, 2.75) is 389 Å². The first kappa shape index (κ1) is 91.5. The fraction of sp³-hybridized carbons (Fsp3) is 0.753. The molecule has 0 aromatic rings. The molecule has 0 aliphatic carbocycles. The van der Waals surface area contributed by atoms with Crippen LogP contribution in [-0.2, 0) is 23.7 Å². The predicted molar refractivity (Wildman–Crippen MR) is 410 cm³/mol. The highest BCUT2D eigenvalue weighted by Gasteiger charge is 2.51. The van der Waals surface area contributed by atoms with Crippen LogP contribution >= 0.6 is 0 Å². The fourth-order valence-corrected chi connectivity index (χ4v) is 12.6. The summed E-state index contributed by atoms with van der Waals surface area (Å²) in [5, 5.41) is 87.7. The Hall–Kier alpha value is -3.61. The van der Waals surface area contributed by atoms with Gasteiger partial charge < -0.3 is 65.1 Å². The summed E-state index contributed by atoms with van der Waals surface area (Å²) in [7, 11) is 0. The molecule has 12 unspecified atom stereocenters. The van der Waals surface area contributed by atoms with Gasteiger partial charge in [0.15, 0.2) is 12.6 Å². The van der Waals surface area contributed by atoms with Gasteiger partial charge in [0.1, 0.15) is 48.8 Å². The molecule has 2 rings (SSSR count). The smallest absolute Gasteiger partial charge is 0.220 e. The standard InChI is InChI=1S/C85H147NO13/c1-3-5-7-9-11-13-15-17-19-21-23-25-27-29-31-33-34-35-36-37-38-39-40-41-43-45-47-49-51-53-55-57-59-61-63-65-67-69-77(90)86-73(72-96-84-82(95)80(93)83(76(71-88)98-84)99-85-81(94)79(92)78(91)75(70-87)97-85)74(89)68-66-64-62-60-58-56-54-52-50-48-46-44-42-32-30-28-26-24-22-20-18-16-14-12-10-8-6-4-2/h5,7,11,13,17,19,23,25,29,31,34-35,37-38,40-41,45,47,66,68,73-76,78-85,87-89,91-95H,3-4,6,8-10,12,14-16,18,20-22,24,26-28,30,32-33,36,39,42-44,46,48-65,67,69-72H2,1-2H3,(H,86,90)/b7-5-,13-11-,19-17-,25-23-,31-29-,35-34-,38-37-,41-40-,47-45-,68-66+. The Morgan fingerprint density at radius 1 is 0.374 bits per heavy atom. The maximum atomic E-state index is 13.4. The summed E-state index contributed by atoms with van der Waals surface area (Å²) in [4.78, 5) is 13.4. The number of aliphatic hydroxyl groups excluding tert-OH is 8. The van der Waals surface area contributed by atoms with Crippen molar-refractivity contribution in [3.63, 3.8) is 0 Å². The molecule has 12 atom stereocenters. The number of unbranched alkanes of at least 4 members (excludes halogenated alkanes) is 35. The first-order valence-corrected chi connectivity index (χ1v) is 40.3. The second-order valence-corrected chi connectivity index (χ2v) is 27.8. The van der Waals surface area contributed by atoms with Gasteiger partial charge in [0.2, 0.25) is 5.91 Å². The molecule has 99 heavy (non-hydrogen) atoms. The Balaban J connectivity index is 1.64. The molecular weight excluding hydrogens is 1240 g/mol. The van der Waals surface area contributed by atoms with E-state index < -0.39 is 86.8 Å². The lowest BCUT2D eigenvalue weighted by molar-refractivity contribution is -0.359. The van der Waals surface area contributed by atoms with E-state index in [2.05, 4.69) is 129 Å². The molecule has 0 radical (unpaired) electrons. The summed E-state index contributed by atoms with van der Waals surface area (Å²) >= 11 is 0. The van der Waals surface area contributed by atoms with Gasteiger partial charge in [0.25, 0.3) is 0 Å².